The number of thiazole rings is 1. The van der Waals surface area contributed by atoms with Crippen LogP contribution in [0.5, 0.6) is 0 Å². The van der Waals surface area contributed by atoms with Gasteiger partial charge in [0.1, 0.15) is 17.2 Å². The van der Waals surface area contributed by atoms with Crippen molar-refractivity contribution in [3.05, 3.63) is 61.2 Å². The molecule has 0 atom stereocenters. The van der Waals surface area contributed by atoms with Gasteiger partial charge in [-0.2, -0.15) is 9.90 Å². The van der Waals surface area contributed by atoms with Gasteiger partial charge in [0.05, 0.1) is 6.20 Å². The fourth-order valence-electron chi connectivity index (χ4n) is 2.84. The molecule has 0 aliphatic carbocycles. The first-order chi connectivity index (χ1) is 14.8. The highest BCUT2D eigenvalue weighted by atomic mass is 127. The summed E-state index contributed by atoms with van der Waals surface area (Å²) >= 11 is 3.61. The van der Waals surface area contributed by atoms with Gasteiger partial charge in [-0.25, -0.2) is 9.97 Å². The number of benzene rings is 1. The maximum atomic E-state index is 12.9. The Morgan fingerprint density at radius 2 is 2.06 bits per heavy atom. The van der Waals surface area contributed by atoms with E-state index >= 15 is 0 Å². The van der Waals surface area contributed by atoms with Crippen LogP contribution in [0.4, 0.5) is 5.82 Å². The molecule has 158 valence electrons. The first-order valence-corrected chi connectivity index (χ1v) is 11.2. The Morgan fingerprint density at radius 3 is 2.77 bits per heavy atom. The Balaban J connectivity index is 1.51. The van der Waals surface area contributed by atoms with Crippen LogP contribution in [-0.2, 0) is 6.54 Å². The van der Waals surface area contributed by atoms with Gasteiger partial charge in [-0.05, 0) is 47.2 Å². The lowest BCUT2D eigenvalue weighted by molar-refractivity contribution is 0.100. The molecule has 0 bridgehead atoms. The van der Waals surface area contributed by atoms with Gasteiger partial charge in [0.2, 0.25) is 0 Å². The topological polar surface area (TPSA) is 116 Å². The van der Waals surface area contributed by atoms with Gasteiger partial charge in [-0.15, -0.1) is 16.4 Å². The van der Waals surface area contributed by atoms with Crippen molar-refractivity contribution in [2.75, 3.05) is 5.32 Å². The van der Waals surface area contributed by atoms with E-state index in [4.69, 9.17) is 4.42 Å². The zero-order valence-corrected chi connectivity index (χ0v) is 19.8. The number of amides is 1. The Kier molecular flexibility index (Phi) is 5.96. The number of oxazole rings is 1. The third-order valence-electron chi connectivity index (χ3n) is 4.34. The molecular weight excluding hydrogens is 531 g/mol. The van der Waals surface area contributed by atoms with E-state index in [0.717, 1.165) is 14.7 Å². The second kappa shape index (κ2) is 8.67. The number of carbonyl (C=O) groups excluding carboxylic acids is 2. The van der Waals surface area contributed by atoms with Crippen LogP contribution in [0.25, 0.3) is 11.3 Å². The number of hydrogen-bond donors (Lipinski definition) is 1. The number of halogens is 1. The molecule has 0 aliphatic rings. The molecule has 31 heavy (non-hydrogen) atoms. The molecule has 0 saturated carbocycles. The van der Waals surface area contributed by atoms with Crippen molar-refractivity contribution < 1.29 is 14.0 Å². The van der Waals surface area contributed by atoms with Crippen LogP contribution in [0, 0.1) is 17.4 Å². The van der Waals surface area contributed by atoms with E-state index in [2.05, 4.69) is 48.1 Å². The van der Waals surface area contributed by atoms with Crippen molar-refractivity contribution >= 4 is 51.4 Å². The summed E-state index contributed by atoms with van der Waals surface area (Å²) in [7, 11) is 0. The summed E-state index contributed by atoms with van der Waals surface area (Å²) < 4.78 is 6.83. The van der Waals surface area contributed by atoms with Crippen molar-refractivity contribution in [2.45, 2.75) is 27.3 Å². The minimum atomic E-state index is -0.441. The number of anilines is 1. The van der Waals surface area contributed by atoms with Gasteiger partial charge in [-0.1, -0.05) is 6.07 Å². The molecule has 4 rings (SSSR count). The molecule has 0 spiro atoms. The lowest BCUT2D eigenvalue weighted by Gasteiger charge is -2.04. The van der Waals surface area contributed by atoms with Crippen molar-refractivity contribution in [3.8, 4) is 11.3 Å². The van der Waals surface area contributed by atoms with Gasteiger partial charge in [0.15, 0.2) is 28.9 Å². The lowest BCUT2D eigenvalue weighted by Crippen LogP contribution is -2.14. The first-order valence-electron chi connectivity index (χ1n) is 9.21. The minimum absolute atomic E-state index is 0.0918. The predicted molar refractivity (Wildman–Crippen MR) is 123 cm³/mol. The Bertz CT molecular complexity index is 1290. The van der Waals surface area contributed by atoms with Gasteiger partial charge >= 0.3 is 0 Å². The Labute approximate surface area is 195 Å². The highest BCUT2D eigenvalue weighted by molar-refractivity contribution is 14.1. The second-order valence-electron chi connectivity index (χ2n) is 6.77. The molecule has 3 aromatic heterocycles. The van der Waals surface area contributed by atoms with Crippen LogP contribution in [0.15, 0.2) is 34.2 Å². The highest BCUT2D eigenvalue weighted by Crippen LogP contribution is 2.28. The number of aryl methyl sites for hydroxylation is 2. The Morgan fingerprint density at radius 1 is 1.26 bits per heavy atom. The third-order valence-corrected chi connectivity index (χ3v) is 6.38. The molecule has 1 amide bonds. The normalized spacial score (nSPS) is 11.0. The number of nitrogens with zero attached hydrogens (tertiary/aromatic N) is 5. The van der Waals surface area contributed by atoms with Gasteiger partial charge < -0.3 is 9.73 Å². The van der Waals surface area contributed by atoms with Crippen molar-refractivity contribution in [1.29, 1.82) is 0 Å². The summed E-state index contributed by atoms with van der Waals surface area (Å²) in [6.45, 7) is 5.45. The van der Waals surface area contributed by atoms with Gasteiger partial charge in [0, 0.05) is 28.4 Å². The summed E-state index contributed by atoms with van der Waals surface area (Å²) in [5.41, 5.74) is 2.45. The molecule has 0 saturated heterocycles. The van der Waals surface area contributed by atoms with Crippen molar-refractivity contribution in [3.63, 3.8) is 0 Å². The number of ketones is 1. The minimum Gasteiger partial charge on any atom is -0.440 e. The maximum Gasteiger partial charge on any atom is 0.279 e. The highest BCUT2D eigenvalue weighted by Gasteiger charge is 2.21. The average Bonchev–Trinajstić information content (AvgIpc) is 3.45. The lowest BCUT2D eigenvalue weighted by atomic mass is 10.1. The molecule has 0 radical (unpaired) electrons. The first kappa shape index (κ1) is 21.3. The molecule has 11 heteroatoms. The monoisotopic (exact) mass is 548 g/mol. The molecule has 0 fully saturated rings. The van der Waals surface area contributed by atoms with E-state index in [-0.39, 0.29) is 17.3 Å². The number of Topliss-reactive ketones (excluding diaryl/α,β-unsaturated/α-hetero) is 1. The van der Waals surface area contributed by atoms with Crippen LogP contribution in [0.2, 0.25) is 0 Å². The van der Waals surface area contributed by atoms with Gasteiger partial charge in [-0.3, -0.25) is 9.59 Å². The SMILES string of the molecule is CC(=O)c1csc(Cn2ncc(NC(=O)c3nc(C)oc3-c3ccc(I)c(C)c3)n2)n1. The molecule has 3 heterocycles. The number of hydrogen-bond acceptors (Lipinski definition) is 8. The summed E-state index contributed by atoms with van der Waals surface area (Å²) in [5, 5.41) is 13.5. The fraction of sp³-hybridized carbons (Fsp3) is 0.200. The zero-order valence-electron chi connectivity index (χ0n) is 16.8. The largest absolute Gasteiger partial charge is 0.440 e. The summed E-state index contributed by atoms with van der Waals surface area (Å²) in [5.74, 6) is 0.541. The molecular formula is C20H17IN6O3S. The molecule has 9 nitrogen and oxygen atoms in total. The van der Waals surface area contributed by atoms with Gasteiger partial charge in [0.25, 0.3) is 5.91 Å². The predicted octanol–water partition coefficient (Wildman–Crippen LogP) is 4.11. The second-order valence-corrected chi connectivity index (χ2v) is 8.88. The molecule has 1 N–H and O–H groups in total. The smallest absolute Gasteiger partial charge is 0.279 e. The van der Waals surface area contributed by atoms with E-state index < -0.39 is 5.91 Å². The Hall–Kier alpha value is -2.93. The third kappa shape index (κ3) is 4.71. The van der Waals surface area contributed by atoms with Crippen LogP contribution >= 0.6 is 33.9 Å². The fourth-order valence-corrected chi connectivity index (χ4v) is 3.98. The van der Waals surface area contributed by atoms with E-state index in [9.17, 15) is 9.59 Å². The van der Waals surface area contributed by atoms with Crippen molar-refractivity contribution in [1.82, 2.24) is 25.0 Å². The van der Waals surface area contributed by atoms with E-state index in [1.165, 1.54) is 29.3 Å². The van der Waals surface area contributed by atoms with E-state index in [0.29, 0.717) is 28.9 Å². The number of aromatic nitrogens is 5. The molecule has 1 aromatic carbocycles. The zero-order chi connectivity index (χ0) is 22.1. The van der Waals surface area contributed by atoms with Crippen LogP contribution in [0.1, 0.15) is 44.4 Å². The summed E-state index contributed by atoms with van der Waals surface area (Å²) in [6.07, 6.45) is 1.44. The molecule has 4 aromatic rings. The number of nitrogens with one attached hydrogen (secondary N) is 1. The van der Waals surface area contributed by atoms with E-state index in [1.807, 2.05) is 25.1 Å². The molecule has 0 aliphatic heterocycles. The van der Waals surface area contributed by atoms with Crippen LogP contribution in [-0.4, -0.2) is 36.7 Å². The quantitative estimate of drug-likeness (QED) is 0.285. The standard InChI is InChI=1S/C20H17IN6O3S/c1-10-6-13(4-5-14(10)21)19-18(23-12(3)30-19)20(29)25-16-7-22-27(26-16)8-17-24-15(9-31-17)11(2)28/h4-7,9H,8H2,1-3H3,(H,25,26,29). The van der Waals surface area contributed by atoms with E-state index in [1.54, 1.807) is 12.3 Å². The van der Waals surface area contributed by atoms with Crippen LogP contribution in [0.3, 0.4) is 0 Å². The number of rotatable bonds is 6. The average molecular weight is 548 g/mol. The van der Waals surface area contributed by atoms with Crippen LogP contribution < -0.4 is 5.32 Å². The van der Waals surface area contributed by atoms with Crippen molar-refractivity contribution in [2.24, 2.45) is 0 Å². The summed E-state index contributed by atoms with van der Waals surface area (Å²) in [6, 6.07) is 5.82. The number of carbonyl (C=O) groups is 2. The maximum absolute atomic E-state index is 12.9. The summed E-state index contributed by atoms with van der Waals surface area (Å²) in [4.78, 5) is 34.1. The molecule has 0 unspecified atom stereocenters.